The van der Waals surface area contributed by atoms with Gasteiger partial charge in [0.25, 0.3) is 0 Å². The highest BCUT2D eigenvalue weighted by atomic mass is 32.2. The zero-order valence-corrected chi connectivity index (χ0v) is 80.4. The summed E-state index contributed by atoms with van der Waals surface area (Å²) in [5.74, 6) is -9.22. The number of imide groups is 1. The molecule has 2 atom stereocenters. The molecule has 1 heterocycles. The Kier molecular flexibility index (Phi) is 64.7. The van der Waals surface area contributed by atoms with E-state index in [2.05, 4.69) is 5.32 Å². The Morgan fingerprint density at radius 1 is 0.364 bits per heavy atom. The Morgan fingerprint density at radius 3 is 0.884 bits per heavy atom. The molecule has 2 unspecified atom stereocenters. The van der Waals surface area contributed by atoms with Gasteiger partial charge in [-0.15, -0.1) is 0 Å². The molecule has 16 amide bonds. The predicted molar refractivity (Wildman–Crippen MR) is 476 cm³/mol. The molecular formula is C85H153N15O28S. The van der Waals surface area contributed by atoms with E-state index in [0.717, 1.165) is 29.4 Å². The molecule has 0 radical (unpaired) electrons. The molecule has 1 saturated heterocycles. The molecule has 742 valence electrons. The van der Waals surface area contributed by atoms with Crippen LogP contribution in [0.1, 0.15) is 92.9 Å². The highest BCUT2D eigenvalue weighted by Crippen LogP contribution is 2.25. The monoisotopic (exact) mass is 1860 g/mol. The smallest absolute Gasteiger partial charge is 0.242 e. The van der Waals surface area contributed by atoms with Crippen LogP contribution in [0.4, 0.5) is 0 Å². The second kappa shape index (κ2) is 70.4. The summed E-state index contributed by atoms with van der Waals surface area (Å²) in [6, 6.07) is 0. The predicted octanol–water partition coefficient (Wildman–Crippen LogP) is -2.82. The van der Waals surface area contributed by atoms with E-state index >= 15 is 0 Å². The number of carbonyl (C=O) groups is 16. The van der Waals surface area contributed by atoms with Gasteiger partial charge in [-0.05, 0) is 43.4 Å². The maximum Gasteiger partial charge on any atom is 0.242 e. The molecule has 0 aromatic carbocycles. The molecule has 0 aliphatic carbocycles. The summed E-state index contributed by atoms with van der Waals surface area (Å²) >= 11 is 1.37. The highest BCUT2D eigenvalue weighted by molar-refractivity contribution is 7.99. The molecule has 0 saturated carbocycles. The number of hydrogen-bond donors (Lipinski definition) is 3. The van der Waals surface area contributed by atoms with E-state index in [1.807, 2.05) is 41.5 Å². The second-order valence-corrected chi connectivity index (χ2v) is 33.4. The molecule has 0 spiro atoms. The first kappa shape index (κ1) is 119. The lowest BCUT2D eigenvalue weighted by Crippen LogP contribution is -2.54. The fourth-order valence-electron chi connectivity index (χ4n) is 12.6. The lowest BCUT2D eigenvalue weighted by molar-refractivity contribution is -0.150. The van der Waals surface area contributed by atoms with Crippen molar-refractivity contribution >= 4 is 106 Å². The summed E-state index contributed by atoms with van der Waals surface area (Å²) in [7, 11) is 14.0. The third-order valence-corrected chi connectivity index (χ3v) is 21.7. The third kappa shape index (κ3) is 51.3. The first-order valence-corrected chi connectivity index (χ1v) is 45.1. The quantitative estimate of drug-likeness (QED) is 0.0408. The third-order valence-electron chi connectivity index (χ3n) is 20.5. The van der Waals surface area contributed by atoms with Gasteiger partial charge in [-0.3, -0.25) is 81.6 Å². The number of primary amides is 1. The number of thioether (sulfide) groups is 1. The molecule has 1 fully saturated rings. The number of carbonyl (C=O) groups excluding carboxylic acids is 16. The van der Waals surface area contributed by atoms with Crippen LogP contribution in [-0.4, -0.2) is 501 Å². The van der Waals surface area contributed by atoms with Crippen molar-refractivity contribution in [3.05, 3.63) is 0 Å². The van der Waals surface area contributed by atoms with Crippen LogP contribution in [0.25, 0.3) is 0 Å². The number of likely N-dealkylation sites (tertiary alicyclic amines) is 1. The van der Waals surface area contributed by atoms with Crippen molar-refractivity contribution in [3.8, 4) is 0 Å². The summed E-state index contributed by atoms with van der Waals surface area (Å²) in [6.45, 7) is 4.44. The number of nitrogens with one attached hydrogen (secondary N) is 1. The average molecular weight is 1870 g/mol. The van der Waals surface area contributed by atoms with Crippen molar-refractivity contribution in [2.24, 2.45) is 29.4 Å². The Balaban J connectivity index is 3.45. The molecule has 1 aliphatic rings. The molecular weight excluding hydrogens is 1710 g/mol. The number of amides is 16. The zero-order valence-electron chi connectivity index (χ0n) is 79.6. The van der Waals surface area contributed by atoms with Crippen molar-refractivity contribution < 1.29 is 134 Å². The number of unbranched alkanes of at least 4 members (excludes halogenated alkanes) is 2. The number of rotatable bonds is 77. The summed E-state index contributed by atoms with van der Waals surface area (Å²) in [5, 5.41) is 13.0. The van der Waals surface area contributed by atoms with Gasteiger partial charge in [0.15, 0.2) is 0 Å². The van der Waals surface area contributed by atoms with Crippen LogP contribution in [0.5, 0.6) is 0 Å². The summed E-state index contributed by atoms with van der Waals surface area (Å²) in [4.78, 5) is 239. The van der Waals surface area contributed by atoms with Crippen LogP contribution >= 0.6 is 11.8 Å². The normalized spacial score (nSPS) is 12.7. The molecule has 0 aromatic rings. The fourth-order valence-corrected chi connectivity index (χ4v) is 13.7. The van der Waals surface area contributed by atoms with Gasteiger partial charge in [0.2, 0.25) is 94.5 Å². The molecule has 44 heteroatoms. The summed E-state index contributed by atoms with van der Waals surface area (Å²) in [5.41, 5.74) is 5.42. The van der Waals surface area contributed by atoms with Crippen molar-refractivity contribution in [2.45, 2.75) is 99.0 Å². The maximum absolute atomic E-state index is 14.7. The number of methoxy groups -OCH3 is 10. The van der Waals surface area contributed by atoms with Crippen LogP contribution in [0.2, 0.25) is 0 Å². The minimum absolute atomic E-state index is 0.00299. The fraction of sp³-hybridized carbons (Fsp3) is 0.812. The van der Waals surface area contributed by atoms with E-state index in [1.165, 1.54) is 117 Å². The van der Waals surface area contributed by atoms with Crippen LogP contribution in [0, 0.1) is 23.7 Å². The number of aliphatic hydroxyl groups excluding tert-OH is 1. The second-order valence-electron chi connectivity index (χ2n) is 32.4. The number of nitrogens with zero attached hydrogens (tertiary/aromatic N) is 13. The largest absolute Gasteiger partial charge is 0.390 e. The number of nitrogens with two attached hydrogens (primary N) is 1. The van der Waals surface area contributed by atoms with Gasteiger partial charge >= 0.3 is 0 Å². The maximum atomic E-state index is 14.7. The van der Waals surface area contributed by atoms with Gasteiger partial charge < -0.3 is 127 Å². The van der Waals surface area contributed by atoms with Gasteiger partial charge in [-0.2, -0.15) is 11.8 Å². The Labute approximate surface area is 766 Å². The van der Waals surface area contributed by atoms with Crippen molar-refractivity contribution in [1.29, 1.82) is 0 Å². The minimum atomic E-state index is -0.790. The SMILES string of the molecule is COCCN(CC(N)=O)C(=O)CN(CCOC)C(=O)CN(CCOC)C(=O)CN(CCC(C)C)C(=O)CN(CCOC)C(=O)CN(CCOC)C(=O)CN(CCOC)C(=O)CN(CCOC)C(=O)CN(CCOC)C(=O)CN(CCC(C)C)C(=O)CN(CCOC)C(=O)CN(CCOC)C(=O)CCCCCNC(=O)CCN1C(=O)CC(CSCC(O)COCC(C)C)C1=O. The highest BCUT2D eigenvalue weighted by Gasteiger charge is 2.39. The first-order valence-electron chi connectivity index (χ1n) is 44.0. The molecule has 43 nitrogen and oxygen atoms in total. The summed E-state index contributed by atoms with van der Waals surface area (Å²) < 4.78 is 58.6. The Hall–Kier alpha value is -8.41. The first-order chi connectivity index (χ1) is 61.5. The lowest BCUT2D eigenvalue weighted by atomic mass is 10.1. The molecule has 1 aliphatic heterocycles. The van der Waals surface area contributed by atoms with Crippen LogP contribution in [0.15, 0.2) is 0 Å². The van der Waals surface area contributed by atoms with Crippen LogP contribution < -0.4 is 11.1 Å². The zero-order chi connectivity index (χ0) is 96.8. The number of ether oxygens (including phenoxy) is 11. The summed E-state index contributed by atoms with van der Waals surface area (Å²) in [6.07, 6.45) is 1.50. The molecule has 4 N–H and O–H groups in total. The van der Waals surface area contributed by atoms with Crippen molar-refractivity contribution in [2.75, 3.05) is 332 Å². The van der Waals surface area contributed by atoms with Gasteiger partial charge in [0.05, 0.1) is 163 Å². The van der Waals surface area contributed by atoms with Gasteiger partial charge in [0.1, 0.15) is 0 Å². The van der Waals surface area contributed by atoms with E-state index < -0.39 is 161 Å². The topological polar surface area (TPSA) is 475 Å². The van der Waals surface area contributed by atoms with E-state index in [0.29, 0.717) is 56.1 Å². The van der Waals surface area contributed by atoms with Gasteiger partial charge in [0, 0.05) is 200 Å². The lowest BCUT2D eigenvalue weighted by Gasteiger charge is -2.33. The minimum Gasteiger partial charge on any atom is -0.390 e. The molecule has 0 aromatic heterocycles. The van der Waals surface area contributed by atoms with E-state index in [9.17, 15) is 81.8 Å². The Bertz CT molecular complexity index is 3350. The van der Waals surface area contributed by atoms with Crippen molar-refractivity contribution in [1.82, 2.24) is 69.0 Å². The van der Waals surface area contributed by atoms with E-state index in [4.69, 9.17) is 57.8 Å². The van der Waals surface area contributed by atoms with Gasteiger partial charge in [-0.25, -0.2) is 0 Å². The molecule has 1 rings (SSSR count). The molecule has 0 bridgehead atoms. The Morgan fingerprint density at radius 2 is 0.628 bits per heavy atom. The average Bonchev–Trinajstić information content (AvgIpc) is 1.76. The van der Waals surface area contributed by atoms with Crippen molar-refractivity contribution in [3.63, 3.8) is 0 Å². The number of hydrogen-bond acceptors (Lipinski definition) is 29. The van der Waals surface area contributed by atoms with Crippen LogP contribution in [-0.2, 0) is 129 Å². The van der Waals surface area contributed by atoms with Crippen LogP contribution in [0.3, 0.4) is 0 Å². The standard InChI is InChI=1S/C85H153N15O28S/c1-65(2)21-25-88(74(106)53-92(30-40-120-9)79(111)52-91(29-39-119-8)72(104)20-18-17-19-24-87-71(103)23-27-100-73(105)48-68(85(100)117)63-129-64-69(101)62-128-61-67(5)6)50-78(110)96(34-44-124-13)57-82(114)98(36-46-126-15)59-84(116)99(37-47-127-16)60-83(115)97(35-45-125-14)58-80(112)93(31-41-121-10)54-75(107)89(26-22-66(3)4)51-77(109)95(33-43-123-12)56-81(113)94(32-42-122-11)55-76(108)90(28-38-118-7)49-70(86)102/h65-69,101H,17-64H2,1-16H3,(H2,86,102)(H,87,103). The number of aliphatic hydroxyl groups is 1. The van der Waals surface area contributed by atoms with Gasteiger partial charge in [-0.1, -0.05) is 48.0 Å². The van der Waals surface area contributed by atoms with E-state index in [-0.39, 0.29) is 219 Å². The van der Waals surface area contributed by atoms with E-state index in [1.54, 1.807) is 0 Å². The molecule has 129 heavy (non-hydrogen) atoms.